The van der Waals surface area contributed by atoms with E-state index in [0.29, 0.717) is 12.5 Å². The van der Waals surface area contributed by atoms with Gasteiger partial charge in [0.1, 0.15) is 11.6 Å². The van der Waals surface area contributed by atoms with Gasteiger partial charge in [-0.25, -0.2) is 4.98 Å². The number of aryl methyl sites for hydroxylation is 1. The molecule has 0 aliphatic rings. The standard InChI is InChI=1S/C19H17N5O/c1-13-11-17(21-12-15-7-4-10-25-15)24-19(22-13)23-16-8-2-5-14-6-3-9-20-18(14)16/h2-11H,12H2,1H3,(H2,21,22,23,24). The molecule has 2 N–H and O–H groups in total. The van der Waals surface area contributed by atoms with Crippen LogP contribution in [-0.2, 0) is 6.54 Å². The van der Waals surface area contributed by atoms with Crippen LogP contribution in [0.1, 0.15) is 11.5 Å². The molecular formula is C19H17N5O. The predicted molar refractivity (Wildman–Crippen MR) is 97.8 cm³/mol. The molecule has 0 unspecified atom stereocenters. The van der Waals surface area contributed by atoms with Crippen LogP contribution in [0.5, 0.6) is 0 Å². The Morgan fingerprint density at radius 2 is 1.96 bits per heavy atom. The van der Waals surface area contributed by atoms with E-state index in [9.17, 15) is 0 Å². The molecular weight excluding hydrogens is 314 g/mol. The predicted octanol–water partition coefficient (Wildman–Crippen LogP) is 4.28. The molecule has 25 heavy (non-hydrogen) atoms. The first-order chi connectivity index (χ1) is 12.3. The van der Waals surface area contributed by atoms with Crippen LogP contribution in [0.4, 0.5) is 17.5 Å². The molecule has 4 rings (SSSR count). The highest BCUT2D eigenvalue weighted by atomic mass is 16.3. The van der Waals surface area contributed by atoms with Crippen molar-refractivity contribution in [2.24, 2.45) is 0 Å². The van der Waals surface area contributed by atoms with E-state index in [1.165, 1.54) is 0 Å². The summed E-state index contributed by atoms with van der Waals surface area (Å²) in [4.78, 5) is 13.4. The SMILES string of the molecule is Cc1cc(NCc2ccco2)nc(Nc2cccc3cccnc23)n1. The lowest BCUT2D eigenvalue weighted by Crippen LogP contribution is -2.05. The molecule has 0 fully saturated rings. The lowest BCUT2D eigenvalue weighted by molar-refractivity contribution is 0.518. The fraction of sp³-hybridized carbons (Fsp3) is 0.105. The average Bonchev–Trinajstić information content (AvgIpc) is 3.13. The van der Waals surface area contributed by atoms with Crippen LogP contribution >= 0.6 is 0 Å². The van der Waals surface area contributed by atoms with Crippen molar-refractivity contribution in [1.29, 1.82) is 0 Å². The molecule has 0 aliphatic carbocycles. The fourth-order valence-electron chi connectivity index (χ4n) is 2.63. The Bertz CT molecular complexity index is 993. The first-order valence-electron chi connectivity index (χ1n) is 8.01. The van der Waals surface area contributed by atoms with Gasteiger partial charge in [-0.15, -0.1) is 0 Å². The van der Waals surface area contributed by atoms with E-state index in [1.54, 1.807) is 12.5 Å². The molecule has 0 amide bonds. The third-order valence-corrected chi connectivity index (χ3v) is 3.76. The Kier molecular flexibility index (Phi) is 4.00. The molecule has 0 atom stereocenters. The smallest absolute Gasteiger partial charge is 0.229 e. The van der Waals surface area contributed by atoms with Gasteiger partial charge in [0, 0.05) is 23.3 Å². The van der Waals surface area contributed by atoms with Crippen molar-refractivity contribution >= 4 is 28.4 Å². The second-order valence-electron chi connectivity index (χ2n) is 5.66. The van der Waals surface area contributed by atoms with E-state index in [-0.39, 0.29) is 0 Å². The molecule has 4 aromatic rings. The summed E-state index contributed by atoms with van der Waals surface area (Å²) in [6.07, 6.45) is 3.43. The van der Waals surface area contributed by atoms with Gasteiger partial charge in [0.05, 0.1) is 24.0 Å². The Morgan fingerprint density at radius 3 is 2.84 bits per heavy atom. The molecule has 3 heterocycles. The van der Waals surface area contributed by atoms with Gasteiger partial charge in [-0.3, -0.25) is 4.98 Å². The van der Waals surface area contributed by atoms with Gasteiger partial charge in [0.25, 0.3) is 0 Å². The summed E-state index contributed by atoms with van der Waals surface area (Å²) in [5, 5.41) is 7.59. The van der Waals surface area contributed by atoms with Crippen LogP contribution in [0, 0.1) is 6.92 Å². The van der Waals surface area contributed by atoms with Crippen molar-refractivity contribution in [3.63, 3.8) is 0 Å². The second kappa shape index (κ2) is 6.60. The van der Waals surface area contributed by atoms with Gasteiger partial charge in [-0.1, -0.05) is 18.2 Å². The van der Waals surface area contributed by atoms with E-state index in [2.05, 4.69) is 25.6 Å². The average molecular weight is 331 g/mol. The first-order valence-corrected chi connectivity index (χ1v) is 8.01. The quantitative estimate of drug-likeness (QED) is 0.568. The summed E-state index contributed by atoms with van der Waals surface area (Å²) < 4.78 is 5.33. The zero-order valence-corrected chi connectivity index (χ0v) is 13.7. The summed E-state index contributed by atoms with van der Waals surface area (Å²) in [6, 6.07) is 15.6. The highest BCUT2D eigenvalue weighted by molar-refractivity contribution is 5.91. The topological polar surface area (TPSA) is 75.9 Å². The zero-order chi connectivity index (χ0) is 17.1. The normalized spacial score (nSPS) is 10.8. The van der Waals surface area contributed by atoms with Crippen LogP contribution in [0.2, 0.25) is 0 Å². The number of pyridine rings is 1. The summed E-state index contributed by atoms with van der Waals surface area (Å²) in [5.74, 6) is 2.11. The van der Waals surface area contributed by atoms with Crippen molar-refractivity contribution in [2.75, 3.05) is 10.6 Å². The van der Waals surface area contributed by atoms with Gasteiger partial charge < -0.3 is 15.1 Å². The number of hydrogen-bond acceptors (Lipinski definition) is 6. The molecule has 0 spiro atoms. The highest BCUT2D eigenvalue weighted by Crippen LogP contribution is 2.23. The molecule has 124 valence electrons. The number of nitrogens with zero attached hydrogens (tertiary/aromatic N) is 3. The number of rotatable bonds is 5. The number of para-hydroxylation sites is 1. The first kappa shape index (κ1) is 15.1. The molecule has 3 aromatic heterocycles. The Balaban J connectivity index is 1.59. The van der Waals surface area contributed by atoms with Crippen LogP contribution in [0.25, 0.3) is 10.9 Å². The van der Waals surface area contributed by atoms with Crippen LogP contribution in [0.3, 0.4) is 0 Å². The fourth-order valence-corrected chi connectivity index (χ4v) is 2.63. The Hall–Kier alpha value is -3.41. The number of benzene rings is 1. The number of hydrogen-bond donors (Lipinski definition) is 2. The number of nitrogens with one attached hydrogen (secondary N) is 2. The largest absolute Gasteiger partial charge is 0.467 e. The Labute approximate surface area is 145 Å². The van der Waals surface area contributed by atoms with Crippen LogP contribution in [-0.4, -0.2) is 15.0 Å². The minimum absolute atomic E-state index is 0.528. The third kappa shape index (κ3) is 3.42. The minimum Gasteiger partial charge on any atom is -0.467 e. The summed E-state index contributed by atoms with van der Waals surface area (Å²) >= 11 is 0. The van der Waals surface area contributed by atoms with Gasteiger partial charge in [-0.2, -0.15) is 4.98 Å². The second-order valence-corrected chi connectivity index (χ2v) is 5.66. The maximum atomic E-state index is 5.33. The number of anilines is 3. The lowest BCUT2D eigenvalue weighted by Gasteiger charge is -2.10. The van der Waals surface area contributed by atoms with Crippen molar-refractivity contribution in [3.8, 4) is 0 Å². The number of furan rings is 1. The van der Waals surface area contributed by atoms with Gasteiger partial charge >= 0.3 is 0 Å². The highest BCUT2D eigenvalue weighted by Gasteiger charge is 2.07. The molecule has 0 bridgehead atoms. The van der Waals surface area contributed by atoms with Crippen molar-refractivity contribution in [2.45, 2.75) is 13.5 Å². The van der Waals surface area contributed by atoms with Crippen molar-refractivity contribution < 1.29 is 4.42 Å². The maximum absolute atomic E-state index is 5.33. The van der Waals surface area contributed by atoms with E-state index in [0.717, 1.165) is 33.9 Å². The van der Waals surface area contributed by atoms with E-state index in [1.807, 2.05) is 55.5 Å². The van der Waals surface area contributed by atoms with Gasteiger partial charge in [0.15, 0.2) is 0 Å². The molecule has 6 nitrogen and oxygen atoms in total. The zero-order valence-electron chi connectivity index (χ0n) is 13.7. The van der Waals surface area contributed by atoms with Crippen molar-refractivity contribution in [3.05, 3.63) is 72.4 Å². The molecule has 1 aromatic carbocycles. The summed E-state index contributed by atoms with van der Waals surface area (Å²) in [5.41, 5.74) is 2.63. The Morgan fingerprint density at radius 1 is 1.04 bits per heavy atom. The summed E-state index contributed by atoms with van der Waals surface area (Å²) in [7, 11) is 0. The maximum Gasteiger partial charge on any atom is 0.229 e. The third-order valence-electron chi connectivity index (χ3n) is 3.76. The number of fused-ring (bicyclic) bond motifs is 1. The monoisotopic (exact) mass is 331 g/mol. The molecule has 0 saturated heterocycles. The molecule has 0 saturated carbocycles. The van der Waals surface area contributed by atoms with E-state index in [4.69, 9.17) is 4.42 Å². The van der Waals surface area contributed by atoms with E-state index < -0.39 is 0 Å². The van der Waals surface area contributed by atoms with Gasteiger partial charge in [0.2, 0.25) is 5.95 Å². The summed E-state index contributed by atoms with van der Waals surface area (Å²) in [6.45, 7) is 2.50. The minimum atomic E-state index is 0.528. The molecule has 0 radical (unpaired) electrons. The van der Waals surface area contributed by atoms with Gasteiger partial charge in [-0.05, 0) is 31.2 Å². The van der Waals surface area contributed by atoms with E-state index >= 15 is 0 Å². The number of aromatic nitrogens is 3. The van der Waals surface area contributed by atoms with Crippen LogP contribution < -0.4 is 10.6 Å². The van der Waals surface area contributed by atoms with Crippen LogP contribution in [0.15, 0.2) is 65.4 Å². The molecule has 0 aliphatic heterocycles. The van der Waals surface area contributed by atoms with Crippen molar-refractivity contribution in [1.82, 2.24) is 15.0 Å². The molecule has 6 heteroatoms. The lowest BCUT2D eigenvalue weighted by atomic mass is 10.2.